The average molecular weight is 457 g/mol. The molecule has 164 valence electrons. The van der Waals surface area contributed by atoms with Crippen molar-refractivity contribution in [3.05, 3.63) is 65.0 Å². The summed E-state index contributed by atoms with van der Waals surface area (Å²) in [5.41, 5.74) is 0.946. The van der Waals surface area contributed by atoms with E-state index in [0.717, 1.165) is 10.9 Å². The van der Waals surface area contributed by atoms with Gasteiger partial charge in [0.15, 0.2) is 11.6 Å². The molecule has 3 aromatic heterocycles. The first-order chi connectivity index (χ1) is 15.3. The third-order valence-corrected chi connectivity index (χ3v) is 5.79. The number of amides is 1. The second kappa shape index (κ2) is 8.59. The largest absolute Gasteiger partial charge is 0.465 e. The van der Waals surface area contributed by atoms with Crippen LogP contribution in [0.5, 0.6) is 11.5 Å². The van der Waals surface area contributed by atoms with Crippen molar-refractivity contribution in [2.75, 3.05) is 13.6 Å². The van der Waals surface area contributed by atoms with Gasteiger partial charge in [-0.2, -0.15) is 0 Å². The number of carboxylic acid groups (broad SMARTS) is 1. The normalized spacial score (nSPS) is 10.9. The maximum Gasteiger partial charge on any atom is 0.407 e. The number of aromatic nitrogens is 3. The van der Waals surface area contributed by atoms with E-state index in [4.69, 9.17) is 9.84 Å². The quantitative estimate of drug-likeness (QED) is 0.317. The van der Waals surface area contributed by atoms with Crippen LogP contribution in [0.2, 0.25) is 0 Å². The Morgan fingerprint density at radius 3 is 2.84 bits per heavy atom. The molecule has 0 atom stereocenters. The maximum atomic E-state index is 14.3. The van der Waals surface area contributed by atoms with Gasteiger partial charge in [-0.1, -0.05) is 0 Å². The summed E-state index contributed by atoms with van der Waals surface area (Å²) in [5, 5.41) is 19.7. The third kappa shape index (κ3) is 4.34. The van der Waals surface area contributed by atoms with E-state index in [-0.39, 0.29) is 11.4 Å². The molecule has 32 heavy (non-hydrogen) atoms. The first-order valence-corrected chi connectivity index (χ1v) is 10.1. The fourth-order valence-corrected chi connectivity index (χ4v) is 3.92. The molecule has 4 aromatic rings. The molecule has 0 bridgehead atoms. The zero-order chi connectivity index (χ0) is 22.8. The Kier molecular flexibility index (Phi) is 5.69. The second-order valence-corrected chi connectivity index (χ2v) is 7.86. The van der Waals surface area contributed by atoms with Gasteiger partial charge in [-0.15, -0.1) is 11.3 Å². The molecule has 0 aliphatic carbocycles. The summed E-state index contributed by atoms with van der Waals surface area (Å²) in [6.45, 7) is 0.768. The number of fused-ring (bicyclic) bond motifs is 1. The van der Waals surface area contributed by atoms with Gasteiger partial charge < -0.3 is 19.3 Å². The van der Waals surface area contributed by atoms with Crippen LogP contribution in [0.1, 0.15) is 0 Å². The van der Waals surface area contributed by atoms with E-state index in [0.29, 0.717) is 34.7 Å². The number of pyridine rings is 1. The summed E-state index contributed by atoms with van der Waals surface area (Å²) in [5.74, 6) is -0.614. The predicted octanol–water partition coefficient (Wildman–Crippen LogP) is 4.61. The van der Waals surface area contributed by atoms with Crippen LogP contribution < -0.4 is 4.74 Å². The molecule has 0 unspecified atom stereocenters. The van der Waals surface area contributed by atoms with Gasteiger partial charge in [-0.3, -0.25) is 15.1 Å². The molecule has 0 saturated carbocycles. The summed E-state index contributed by atoms with van der Waals surface area (Å²) in [4.78, 5) is 31.7. The predicted molar refractivity (Wildman–Crippen MR) is 115 cm³/mol. The van der Waals surface area contributed by atoms with Crippen molar-refractivity contribution in [3.8, 4) is 22.1 Å². The van der Waals surface area contributed by atoms with Crippen molar-refractivity contribution in [1.29, 1.82) is 0 Å². The highest BCUT2D eigenvalue weighted by molar-refractivity contribution is 7.22. The Balaban J connectivity index is 1.58. The Labute approximate surface area is 184 Å². The molecule has 0 fully saturated rings. The molecular formula is C20H16FN5O5S. The topological polar surface area (TPSA) is 124 Å². The molecule has 0 aliphatic rings. The Bertz CT molecular complexity index is 1320. The van der Waals surface area contributed by atoms with E-state index in [1.807, 2.05) is 6.07 Å². The average Bonchev–Trinajstić information content (AvgIpc) is 3.40. The monoisotopic (exact) mass is 457 g/mol. The van der Waals surface area contributed by atoms with Crippen molar-refractivity contribution >= 4 is 33.3 Å². The molecule has 12 heteroatoms. The molecular weight excluding hydrogens is 441 g/mol. The van der Waals surface area contributed by atoms with Gasteiger partial charge in [0.2, 0.25) is 0 Å². The van der Waals surface area contributed by atoms with Gasteiger partial charge in [-0.25, -0.2) is 14.2 Å². The SMILES string of the molecule is CN(CCn1cnc(-c2cc3nccc(Oc4ccc([N+](=O)[O-])cc4F)c3s2)c1)C(=O)O. The van der Waals surface area contributed by atoms with Gasteiger partial charge >= 0.3 is 6.09 Å². The number of nitrogens with zero attached hydrogens (tertiary/aromatic N) is 5. The van der Waals surface area contributed by atoms with Gasteiger partial charge in [0.1, 0.15) is 5.75 Å². The summed E-state index contributed by atoms with van der Waals surface area (Å²) in [6, 6.07) is 6.61. The fraction of sp³-hybridized carbons (Fsp3) is 0.150. The van der Waals surface area contributed by atoms with E-state index in [1.54, 1.807) is 23.2 Å². The molecule has 0 saturated heterocycles. The van der Waals surface area contributed by atoms with Crippen molar-refractivity contribution in [1.82, 2.24) is 19.4 Å². The molecule has 1 aromatic carbocycles. The number of imidazole rings is 1. The second-order valence-electron chi connectivity index (χ2n) is 6.81. The van der Waals surface area contributed by atoms with Gasteiger partial charge in [0.25, 0.3) is 5.69 Å². The third-order valence-electron chi connectivity index (χ3n) is 4.63. The van der Waals surface area contributed by atoms with Crippen molar-refractivity contribution < 1.29 is 24.0 Å². The van der Waals surface area contributed by atoms with E-state index < -0.39 is 16.8 Å². The van der Waals surface area contributed by atoms with Crippen LogP contribution in [-0.2, 0) is 6.54 Å². The number of hydrogen-bond acceptors (Lipinski definition) is 7. The highest BCUT2D eigenvalue weighted by Crippen LogP contribution is 2.39. The van der Waals surface area contributed by atoms with Gasteiger partial charge in [-0.05, 0) is 12.1 Å². The molecule has 3 heterocycles. The zero-order valence-electron chi connectivity index (χ0n) is 16.6. The van der Waals surface area contributed by atoms with E-state index in [1.165, 1.54) is 41.6 Å². The maximum absolute atomic E-state index is 14.3. The van der Waals surface area contributed by atoms with E-state index >= 15 is 0 Å². The number of benzene rings is 1. The molecule has 0 radical (unpaired) electrons. The lowest BCUT2D eigenvalue weighted by molar-refractivity contribution is -0.385. The van der Waals surface area contributed by atoms with Crippen LogP contribution in [0.15, 0.2) is 49.1 Å². The molecule has 0 spiro atoms. The van der Waals surface area contributed by atoms with Crippen molar-refractivity contribution in [2.24, 2.45) is 0 Å². The summed E-state index contributed by atoms with van der Waals surface area (Å²) in [7, 11) is 1.49. The number of nitro benzene ring substituents is 1. The van der Waals surface area contributed by atoms with Crippen LogP contribution >= 0.6 is 11.3 Å². The van der Waals surface area contributed by atoms with E-state index in [9.17, 15) is 19.3 Å². The summed E-state index contributed by atoms with van der Waals surface area (Å²) >= 11 is 1.35. The Morgan fingerprint density at radius 1 is 1.31 bits per heavy atom. The standard InChI is InChI=1S/C20H16FN5O5S/c1-24(20(27)28)6-7-25-10-15(23-11-25)18-9-14-19(32-18)17(4-5-22-14)31-16-3-2-12(26(29)30)8-13(16)21/h2-5,8-11H,6-7H2,1H3,(H,27,28). The number of likely N-dealkylation sites (N-methyl/N-ethyl adjacent to an activating group) is 1. The first kappa shape index (κ1) is 21.2. The van der Waals surface area contributed by atoms with Gasteiger partial charge in [0, 0.05) is 44.7 Å². The minimum absolute atomic E-state index is 0.134. The lowest BCUT2D eigenvalue weighted by atomic mass is 10.3. The molecule has 1 amide bonds. The highest BCUT2D eigenvalue weighted by atomic mass is 32.1. The number of carbonyl (C=O) groups is 1. The van der Waals surface area contributed by atoms with Crippen LogP contribution in [0.25, 0.3) is 20.8 Å². The van der Waals surface area contributed by atoms with Crippen LogP contribution in [-0.4, -0.2) is 49.2 Å². The van der Waals surface area contributed by atoms with Gasteiger partial charge in [0.05, 0.1) is 38.1 Å². The number of non-ortho nitro benzene ring substituents is 1. The lowest BCUT2D eigenvalue weighted by Crippen LogP contribution is -2.28. The minimum atomic E-state index is -1.00. The number of ether oxygens (including phenoxy) is 1. The smallest absolute Gasteiger partial charge is 0.407 e. The first-order valence-electron chi connectivity index (χ1n) is 9.28. The number of nitro groups is 1. The van der Waals surface area contributed by atoms with Crippen LogP contribution in [0.3, 0.4) is 0 Å². The molecule has 0 aliphatic heterocycles. The van der Waals surface area contributed by atoms with E-state index in [2.05, 4.69) is 9.97 Å². The number of thiophene rings is 1. The summed E-state index contributed by atoms with van der Waals surface area (Å²) in [6.07, 6.45) is 3.94. The Hall–Kier alpha value is -4.06. The number of hydrogen-bond donors (Lipinski definition) is 1. The number of rotatable bonds is 7. The molecule has 1 N–H and O–H groups in total. The molecule has 10 nitrogen and oxygen atoms in total. The van der Waals surface area contributed by atoms with Crippen LogP contribution in [0.4, 0.5) is 14.9 Å². The fourth-order valence-electron chi connectivity index (χ4n) is 2.90. The highest BCUT2D eigenvalue weighted by Gasteiger charge is 2.16. The zero-order valence-corrected chi connectivity index (χ0v) is 17.5. The van der Waals surface area contributed by atoms with Crippen LogP contribution in [0, 0.1) is 15.9 Å². The summed E-state index contributed by atoms with van der Waals surface area (Å²) < 4.78 is 22.4. The lowest BCUT2D eigenvalue weighted by Gasteiger charge is -2.12. The van der Waals surface area contributed by atoms with Crippen molar-refractivity contribution in [3.63, 3.8) is 0 Å². The Morgan fingerprint density at radius 2 is 2.12 bits per heavy atom. The minimum Gasteiger partial charge on any atom is -0.465 e. The van der Waals surface area contributed by atoms with Crippen molar-refractivity contribution in [2.45, 2.75) is 6.54 Å². The molecule has 4 rings (SSSR count). The number of halogens is 1.